The highest BCUT2D eigenvalue weighted by atomic mass is 35.5. The highest BCUT2D eigenvalue weighted by molar-refractivity contribution is 5.89. The Labute approximate surface area is 160 Å². The van der Waals surface area contributed by atoms with Crippen LogP contribution in [0, 0.1) is 12.8 Å². The van der Waals surface area contributed by atoms with Crippen LogP contribution in [0.2, 0.25) is 0 Å². The van der Waals surface area contributed by atoms with Crippen molar-refractivity contribution >= 4 is 29.2 Å². The number of para-hydroxylation sites is 1. The fourth-order valence-corrected chi connectivity index (χ4v) is 4.62. The minimum absolute atomic E-state index is 0. The van der Waals surface area contributed by atoms with E-state index in [1.54, 1.807) is 0 Å². The molecule has 0 radical (unpaired) electrons. The summed E-state index contributed by atoms with van der Waals surface area (Å²) in [5, 5.41) is 14.1. The largest absolute Gasteiger partial charge is 0.391 e. The number of nitrogens with one attached hydrogen (secondary N) is 1. The van der Waals surface area contributed by atoms with Crippen LogP contribution >= 0.6 is 12.4 Å². The molecule has 1 amide bonds. The second-order valence-electron chi connectivity index (χ2n) is 7.57. The Balaban J connectivity index is 0.00000196. The van der Waals surface area contributed by atoms with E-state index in [-0.39, 0.29) is 30.3 Å². The molecule has 1 aromatic carbocycles. The SMILES string of the molecule is Cc1c(CCNC(=O)[C@H]2C[C@H](N)[C@@H](O)C2)c2cccc3c2n1CCC3.Cl. The van der Waals surface area contributed by atoms with Crippen molar-refractivity contribution in [2.45, 2.75) is 57.7 Å². The van der Waals surface area contributed by atoms with Crippen molar-refractivity contribution in [3.8, 4) is 0 Å². The van der Waals surface area contributed by atoms with E-state index in [9.17, 15) is 9.90 Å². The Kier molecular flexibility index (Phi) is 5.61. The van der Waals surface area contributed by atoms with E-state index in [0.717, 1.165) is 19.4 Å². The van der Waals surface area contributed by atoms with Crippen LogP contribution in [0.4, 0.5) is 0 Å². The number of rotatable bonds is 4. The zero-order chi connectivity index (χ0) is 17.6. The van der Waals surface area contributed by atoms with Crippen LogP contribution in [0.25, 0.3) is 10.9 Å². The van der Waals surface area contributed by atoms with Gasteiger partial charge in [-0.1, -0.05) is 18.2 Å². The lowest BCUT2D eigenvalue weighted by Crippen LogP contribution is -2.32. The van der Waals surface area contributed by atoms with Gasteiger partial charge in [0, 0.05) is 36.1 Å². The third kappa shape index (κ3) is 3.24. The number of aliphatic hydroxyl groups excluding tert-OH is 1. The van der Waals surface area contributed by atoms with Crippen LogP contribution in [0.3, 0.4) is 0 Å². The van der Waals surface area contributed by atoms with Crippen LogP contribution in [-0.4, -0.2) is 34.3 Å². The molecular formula is C20H28ClN3O2. The monoisotopic (exact) mass is 377 g/mol. The first-order valence-corrected chi connectivity index (χ1v) is 9.37. The van der Waals surface area contributed by atoms with E-state index in [1.807, 2.05) is 0 Å². The Morgan fingerprint density at radius 2 is 2.19 bits per heavy atom. The van der Waals surface area contributed by atoms with Crippen molar-refractivity contribution in [1.29, 1.82) is 0 Å². The molecule has 142 valence electrons. The number of benzene rings is 1. The Hall–Kier alpha value is -1.56. The van der Waals surface area contributed by atoms with E-state index < -0.39 is 6.10 Å². The van der Waals surface area contributed by atoms with E-state index >= 15 is 0 Å². The summed E-state index contributed by atoms with van der Waals surface area (Å²) in [4.78, 5) is 12.3. The van der Waals surface area contributed by atoms with Crippen molar-refractivity contribution in [3.05, 3.63) is 35.0 Å². The molecule has 2 heterocycles. The Morgan fingerprint density at radius 3 is 2.92 bits per heavy atom. The molecule has 1 fully saturated rings. The zero-order valence-corrected chi connectivity index (χ0v) is 16.0. The lowest BCUT2D eigenvalue weighted by atomic mass is 10.0. The number of hydrogen-bond acceptors (Lipinski definition) is 3. The molecule has 2 aromatic rings. The van der Waals surface area contributed by atoms with Gasteiger partial charge in [-0.3, -0.25) is 4.79 Å². The van der Waals surface area contributed by atoms with Gasteiger partial charge < -0.3 is 20.7 Å². The second-order valence-corrected chi connectivity index (χ2v) is 7.57. The highest BCUT2D eigenvalue weighted by Gasteiger charge is 2.34. The van der Waals surface area contributed by atoms with Crippen LogP contribution in [0.5, 0.6) is 0 Å². The van der Waals surface area contributed by atoms with Gasteiger partial charge in [-0.25, -0.2) is 0 Å². The average molecular weight is 378 g/mol. The van der Waals surface area contributed by atoms with Gasteiger partial charge in [0.2, 0.25) is 5.91 Å². The number of nitrogens with two attached hydrogens (primary N) is 1. The van der Waals surface area contributed by atoms with Gasteiger partial charge in [0.15, 0.2) is 0 Å². The fourth-order valence-electron chi connectivity index (χ4n) is 4.62. The van der Waals surface area contributed by atoms with Crippen LogP contribution < -0.4 is 11.1 Å². The maximum absolute atomic E-state index is 12.3. The molecule has 1 saturated carbocycles. The standard InChI is InChI=1S/C20H27N3O2.ClH/c1-12-15(7-8-22-20(25)14-10-17(21)18(24)11-14)16-6-2-4-13-5-3-9-23(12)19(13)16;/h2,4,6,14,17-18,24H,3,5,7-11,21H2,1H3,(H,22,25);1H/t14-,17-,18-;/m0./s1. The smallest absolute Gasteiger partial charge is 0.223 e. The quantitative estimate of drug-likeness (QED) is 0.763. The van der Waals surface area contributed by atoms with Gasteiger partial charge in [-0.15, -0.1) is 12.4 Å². The second kappa shape index (κ2) is 7.59. The molecule has 1 aliphatic heterocycles. The van der Waals surface area contributed by atoms with Crippen LogP contribution in [0.1, 0.15) is 36.1 Å². The summed E-state index contributed by atoms with van der Waals surface area (Å²) in [7, 11) is 0. The van der Waals surface area contributed by atoms with Gasteiger partial charge in [0.1, 0.15) is 0 Å². The van der Waals surface area contributed by atoms with Crippen molar-refractivity contribution in [3.63, 3.8) is 0 Å². The van der Waals surface area contributed by atoms with E-state index in [4.69, 9.17) is 5.73 Å². The number of aromatic nitrogens is 1. The first kappa shape index (κ1) is 19.2. The molecule has 6 heteroatoms. The summed E-state index contributed by atoms with van der Waals surface area (Å²) < 4.78 is 2.44. The summed E-state index contributed by atoms with van der Waals surface area (Å²) in [5.74, 6) is -0.125. The van der Waals surface area contributed by atoms with Gasteiger partial charge >= 0.3 is 0 Å². The predicted molar refractivity (Wildman–Crippen MR) is 106 cm³/mol. The number of aliphatic hydroxyl groups is 1. The van der Waals surface area contributed by atoms with E-state index in [2.05, 4.69) is 35.0 Å². The third-order valence-corrected chi connectivity index (χ3v) is 6.01. The Bertz CT molecular complexity index is 807. The number of hydrogen-bond donors (Lipinski definition) is 3. The molecule has 4 N–H and O–H groups in total. The van der Waals surface area contributed by atoms with Gasteiger partial charge in [-0.2, -0.15) is 0 Å². The maximum Gasteiger partial charge on any atom is 0.223 e. The Morgan fingerprint density at radius 1 is 1.38 bits per heavy atom. The van der Waals surface area contributed by atoms with Crippen molar-refractivity contribution in [1.82, 2.24) is 9.88 Å². The van der Waals surface area contributed by atoms with Crippen LogP contribution in [-0.2, 0) is 24.2 Å². The fraction of sp³-hybridized carbons (Fsp3) is 0.550. The number of amides is 1. The molecular weight excluding hydrogens is 350 g/mol. The van der Waals surface area contributed by atoms with Crippen molar-refractivity contribution in [2.24, 2.45) is 11.7 Å². The molecule has 5 nitrogen and oxygen atoms in total. The predicted octanol–water partition coefficient (Wildman–Crippen LogP) is 2.07. The molecule has 3 atom stereocenters. The molecule has 1 aromatic heterocycles. The minimum Gasteiger partial charge on any atom is -0.391 e. The number of halogens is 1. The van der Waals surface area contributed by atoms with Gasteiger partial charge in [0.05, 0.1) is 11.6 Å². The number of nitrogens with zero attached hydrogens (tertiary/aromatic N) is 1. The third-order valence-electron chi connectivity index (χ3n) is 6.01. The number of carbonyl (C=O) groups excluding carboxylic acids is 1. The molecule has 0 bridgehead atoms. The topological polar surface area (TPSA) is 80.3 Å². The van der Waals surface area contributed by atoms with Gasteiger partial charge in [-0.05, 0) is 50.2 Å². The molecule has 26 heavy (non-hydrogen) atoms. The molecule has 4 rings (SSSR count). The first-order valence-electron chi connectivity index (χ1n) is 9.37. The zero-order valence-electron chi connectivity index (χ0n) is 15.2. The van der Waals surface area contributed by atoms with Crippen LogP contribution in [0.15, 0.2) is 18.2 Å². The van der Waals surface area contributed by atoms with E-state index in [1.165, 1.54) is 34.1 Å². The lowest BCUT2D eigenvalue weighted by Gasteiger charge is -2.16. The normalized spacial score (nSPS) is 24.5. The summed E-state index contributed by atoms with van der Waals surface area (Å²) in [5.41, 5.74) is 11.3. The lowest BCUT2D eigenvalue weighted by molar-refractivity contribution is -0.125. The summed E-state index contributed by atoms with van der Waals surface area (Å²) >= 11 is 0. The molecule has 0 saturated heterocycles. The molecule has 1 aliphatic carbocycles. The maximum atomic E-state index is 12.3. The molecule has 0 unspecified atom stereocenters. The number of carbonyl (C=O) groups is 1. The average Bonchev–Trinajstić information content (AvgIpc) is 3.09. The number of aryl methyl sites for hydroxylation is 2. The highest BCUT2D eigenvalue weighted by Crippen LogP contribution is 2.32. The summed E-state index contributed by atoms with van der Waals surface area (Å²) in [6.07, 6.45) is 3.70. The summed E-state index contributed by atoms with van der Waals surface area (Å²) in [6, 6.07) is 6.32. The van der Waals surface area contributed by atoms with Crippen molar-refractivity contribution < 1.29 is 9.90 Å². The molecule has 0 spiro atoms. The van der Waals surface area contributed by atoms with Gasteiger partial charge in [0.25, 0.3) is 0 Å². The minimum atomic E-state index is -0.545. The summed E-state index contributed by atoms with van der Waals surface area (Å²) in [6.45, 7) is 3.91. The first-order chi connectivity index (χ1) is 12.1. The molecule has 2 aliphatic rings. The van der Waals surface area contributed by atoms with E-state index in [0.29, 0.717) is 19.4 Å². The van der Waals surface area contributed by atoms with Crippen molar-refractivity contribution in [2.75, 3.05) is 6.54 Å².